The second-order valence-corrected chi connectivity index (χ2v) is 6.52. The number of hydrogen-bond donors (Lipinski definition) is 1. The molecular formula is C18H17BrN2O3. The van der Waals surface area contributed by atoms with E-state index in [1.807, 2.05) is 36.4 Å². The van der Waals surface area contributed by atoms with Gasteiger partial charge in [0.25, 0.3) is 0 Å². The van der Waals surface area contributed by atoms with Gasteiger partial charge in [0.15, 0.2) is 0 Å². The third-order valence-corrected chi connectivity index (χ3v) is 4.47. The Hall–Kier alpha value is -2.34. The number of methoxy groups -OCH3 is 1. The molecule has 3 rings (SSSR count). The van der Waals surface area contributed by atoms with E-state index in [1.165, 1.54) is 0 Å². The molecule has 1 aliphatic rings. The van der Waals surface area contributed by atoms with Gasteiger partial charge in [0.1, 0.15) is 5.75 Å². The summed E-state index contributed by atoms with van der Waals surface area (Å²) in [5, 5.41) is 2.87. The molecule has 1 N–H and O–H groups in total. The third kappa shape index (κ3) is 3.59. The Morgan fingerprint density at radius 2 is 2.00 bits per heavy atom. The van der Waals surface area contributed by atoms with Crippen LogP contribution in [0.15, 0.2) is 53.0 Å². The summed E-state index contributed by atoms with van der Waals surface area (Å²) in [6.07, 6.45) is 0.214. The van der Waals surface area contributed by atoms with E-state index < -0.39 is 0 Å². The van der Waals surface area contributed by atoms with Crippen molar-refractivity contribution in [2.75, 3.05) is 23.9 Å². The van der Waals surface area contributed by atoms with Gasteiger partial charge in [-0.3, -0.25) is 9.59 Å². The lowest BCUT2D eigenvalue weighted by Crippen LogP contribution is -2.28. The largest absolute Gasteiger partial charge is 0.497 e. The van der Waals surface area contributed by atoms with Gasteiger partial charge in [0.2, 0.25) is 11.8 Å². The highest BCUT2D eigenvalue weighted by Gasteiger charge is 2.35. The Morgan fingerprint density at radius 3 is 2.67 bits per heavy atom. The van der Waals surface area contributed by atoms with Crippen LogP contribution in [0, 0.1) is 5.92 Å². The molecule has 1 fully saturated rings. The van der Waals surface area contributed by atoms with Crippen molar-refractivity contribution in [1.82, 2.24) is 0 Å². The number of amides is 2. The van der Waals surface area contributed by atoms with Crippen LogP contribution in [0.1, 0.15) is 6.42 Å². The van der Waals surface area contributed by atoms with Crippen LogP contribution >= 0.6 is 15.9 Å². The van der Waals surface area contributed by atoms with Crippen molar-refractivity contribution in [3.63, 3.8) is 0 Å². The Morgan fingerprint density at radius 1 is 1.25 bits per heavy atom. The summed E-state index contributed by atoms with van der Waals surface area (Å²) >= 11 is 3.37. The van der Waals surface area contributed by atoms with Crippen LogP contribution in [-0.4, -0.2) is 25.5 Å². The summed E-state index contributed by atoms with van der Waals surface area (Å²) in [6.45, 7) is 0.380. The predicted octanol–water partition coefficient (Wildman–Crippen LogP) is 3.45. The molecule has 5 nitrogen and oxygen atoms in total. The van der Waals surface area contributed by atoms with E-state index in [2.05, 4.69) is 21.2 Å². The van der Waals surface area contributed by atoms with E-state index in [0.29, 0.717) is 12.2 Å². The molecule has 2 aromatic rings. The highest BCUT2D eigenvalue weighted by atomic mass is 79.9. The van der Waals surface area contributed by atoms with Gasteiger partial charge in [-0.15, -0.1) is 0 Å². The zero-order chi connectivity index (χ0) is 17.1. The molecule has 0 spiro atoms. The maximum atomic E-state index is 12.4. The number of ether oxygens (including phenoxy) is 1. The van der Waals surface area contributed by atoms with Crippen molar-refractivity contribution < 1.29 is 14.3 Å². The van der Waals surface area contributed by atoms with E-state index in [-0.39, 0.29) is 24.2 Å². The average Bonchev–Trinajstić information content (AvgIpc) is 2.97. The van der Waals surface area contributed by atoms with Crippen molar-refractivity contribution in [1.29, 1.82) is 0 Å². The lowest BCUT2D eigenvalue weighted by molar-refractivity contribution is -0.122. The van der Waals surface area contributed by atoms with E-state index in [9.17, 15) is 9.59 Å². The molecule has 0 saturated carbocycles. The summed E-state index contributed by atoms with van der Waals surface area (Å²) in [5.74, 6) is 0.181. The quantitative estimate of drug-likeness (QED) is 0.872. The van der Waals surface area contributed by atoms with Crippen LogP contribution in [-0.2, 0) is 9.59 Å². The normalized spacial score (nSPS) is 17.0. The molecule has 0 aromatic heterocycles. The van der Waals surface area contributed by atoms with Crippen LogP contribution in [0.5, 0.6) is 5.75 Å². The zero-order valence-corrected chi connectivity index (χ0v) is 14.7. The van der Waals surface area contributed by atoms with Crippen LogP contribution in [0.4, 0.5) is 11.4 Å². The van der Waals surface area contributed by atoms with Crippen LogP contribution in [0.2, 0.25) is 0 Å². The summed E-state index contributed by atoms with van der Waals surface area (Å²) < 4.78 is 6.01. The number of nitrogens with one attached hydrogen (secondary N) is 1. The molecule has 2 amide bonds. The Labute approximate surface area is 148 Å². The Kier molecular flexibility index (Phi) is 4.85. The number of nitrogens with zero attached hydrogens (tertiary/aromatic N) is 1. The van der Waals surface area contributed by atoms with Gasteiger partial charge in [-0.2, -0.15) is 0 Å². The van der Waals surface area contributed by atoms with Gasteiger partial charge < -0.3 is 15.0 Å². The third-order valence-electron chi connectivity index (χ3n) is 3.97. The number of anilines is 2. The lowest BCUT2D eigenvalue weighted by Gasteiger charge is -2.17. The minimum Gasteiger partial charge on any atom is -0.497 e. The molecule has 124 valence electrons. The molecule has 1 aliphatic heterocycles. The number of carbonyl (C=O) groups excluding carboxylic acids is 2. The van der Waals surface area contributed by atoms with Crippen molar-refractivity contribution in [2.45, 2.75) is 6.42 Å². The molecule has 2 aromatic carbocycles. The minimum atomic E-state index is -0.362. The van der Waals surface area contributed by atoms with Gasteiger partial charge in [-0.1, -0.05) is 22.0 Å². The average molecular weight is 389 g/mol. The second-order valence-electron chi connectivity index (χ2n) is 5.60. The van der Waals surface area contributed by atoms with Crippen molar-refractivity contribution in [2.24, 2.45) is 5.92 Å². The molecule has 0 aliphatic carbocycles. The molecule has 1 heterocycles. The van der Waals surface area contributed by atoms with Crippen molar-refractivity contribution in [3.8, 4) is 5.75 Å². The van der Waals surface area contributed by atoms with E-state index >= 15 is 0 Å². The van der Waals surface area contributed by atoms with E-state index in [4.69, 9.17) is 4.74 Å². The SMILES string of the molecule is COc1ccc(N2CC(C(=O)Nc3cccc(Br)c3)CC2=O)cc1. The maximum absolute atomic E-state index is 12.4. The highest BCUT2D eigenvalue weighted by molar-refractivity contribution is 9.10. The van der Waals surface area contributed by atoms with E-state index in [1.54, 1.807) is 24.1 Å². The van der Waals surface area contributed by atoms with Crippen LogP contribution in [0.25, 0.3) is 0 Å². The van der Waals surface area contributed by atoms with Crippen molar-refractivity contribution >= 4 is 39.1 Å². The first-order chi connectivity index (χ1) is 11.6. The fourth-order valence-electron chi connectivity index (χ4n) is 2.71. The van der Waals surface area contributed by atoms with Crippen molar-refractivity contribution in [3.05, 3.63) is 53.0 Å². The van der Waals surface area contributed by atoms with Gasteiger partial charge >= 0.3 is 0 Å². The zero-order valence-electron chi connectivity index (χ0n) is 13.2. The molecule has 24 heavy (non-hydrogen) atoms. The summed E-state index contributed by atoms with van der Waals surface area (Å²) in [7, 11) is 1.60. The Balaban J connectivity index is 1.68. The number of carbonyl (C=O) groups is 2. The number of hydrogen-bond acceptors (Lipinski definition) is 3. The first-order valence-corrected chi connectivity index (χ1v) is 8.37. The first-order valence-electron chi connectivity index (χ1n) is 7.57. The number of rotatable bonds is 4. The number of halogens is 1. The first kappa shape index (κ1) is 16.5. The molecule has 1 atom stereocenters. The maximum Gasteiger partial charge on any atom is 0.229 e. The fourth-order valence-corrected chi connectivity index (χ4v) is 3.10. The molecular weight excluding hydrogens is 372 g/mol. The summed E-state index contributed by atoms with van der Waals surface area (Å²) in [4.78, 5) is 26.3. The summed E-state index contributed by atoms with van der Waals surface area (Å²) in [6, 6.07) is 14.6. The molecule has 0 radical (unpaired) electrons. The highest BCUT2D eigenvalue weighted by Crippen LogP contribution is 2.27. The molecule has 0 bridgehead atoms. The standard InChI is InChI=1S/C18H17BrN2O3/c1-24-16-7-5-15(6-8-16)21-11-12(9-17(21)22)18(23)20-14-4-2-3-13(19)10-14/h2-8,10,12H,9,11H2,1H3,(H,20,23). The second kappa shape index (κ2) is 7.05. The van der Waals surface area contributed by atoms with Crippen LogP contribution < -0.4 is 15.0 Å². The van der Waals surface area contributed by atoms with Gasteiger partial charge in [-0.05, 0) is 42.5 Å². The molecule has 1 unspecified atom stereocenters. The van der Waals surface area contributed by atoms with Gasteiger partial charge in [0.05, 0.1) is 13.0 Å². The van der Waals surface area contributed by atoms with Crippen LogP contribution in [0.3, 0.4) is 0 Å². The summed E-state index contributed by atoms with van der Waals surface area (Å²) in [5.41, 5.74) is 1.49. The predicted molar refractivity (Wildman–Crippen MR) is 96.2 cm³/mol. The van der Waals surface area contributed by atoms with E-state index in [0.717, 1.165) is 15.9 Å². The number of benzene rings is 2. The molecule has 1 saturated heterocycles. The van der Waals surface area contributed by atoms with Gasteiger partial charge in [-0.25, -0.2) is 0 Å². The smallest absolute Gasteiger partial charge is 0.229 e. The lowest BCUT2D eigenvalue weighted by atomic mass is 10.1. The van der Waals surface area contributed by atoms with Gasteiger partial charge in [0, 0.05) is 28.8 Å². The monoisotopic (exact) mass is 388 g/mol. The topological polar surface area (TPSA) is 58.6 Å². The fraction of sp³-hybridized carbons (Fsp3) is 0.222. The molecule has 6 heteroatoms. The minimum absolute atomic E-state index is 0.0467. The Bertz CT molecular complexity index is 761.